The van der Waals surface area contributed by atoms with Gasteiger partial charge in [0.15, 0.2) is 0 Å². The molecule has 0 aliphatic heterocycles. The van der Waals surface area contributed by atoms with Crippen molar-refractivity contribution in [3.63, 3.8) is 0 Å². The van der Waals surface area contributed by atoms with Crippen LogP contribution in [0, 0.1) is 0 Å². The highest BCUT2D eigenvalue weighted by atomic mass is 16.2. The van der Waals surface area contributed by atoms with Gasteiger partial charge in [-0.15, -0.1) is 0 Å². The van der Waals surface area contributed by atoms with Crippen molar-refractivity contribution >= 4 is 17.1 Å². The van der Waals surface area contributed by atoms with Gasteiger partial charge in [0.2, 0.25) is 0 Å². The van der Waals surface area contributed by atoms with E-state index in [1.807, 2.05) is 6.07 Å². The lowest BCUT2D eigenvalue weighted by atomic mass is 9.84. The number of aromatic amines is 1. The third-order valence-electron chi connectivity index (χ3n) is 3.12. The van der Waals surface area contributed by atoms with E-state index in [1.165, 1.54) is 0 Å². The molecule has 2 aromatic rings. The van der Waals surface area contributed by atoms with E-state index in [2.05, 4.69) is 46.6 Å². The average Bonchev–Trinajstić information content (AvgIpc) is 2.83. The molecule has 1 aromatic heterocycles. The predicted molar refractivity (Wildman–Crippen MR) is 71.6 cm³/mol. The zero-order valence-corrected chi connectivity index (χ0v) is 10.9. The minimum atomic E-state index is -0.161. The zero-order valence-electron chi connectivity index (χ0n) is 10.9. The van der Waals surface area contributed by atoms with Crippen molar-refractivity contribution in [2.45, 2.75) is 19.3 Å². The van der Waals surface area contributed by atoms with Crippen molar-refractivity contribution in [2.24, 2.45) is 0 Å². The molecular formula is C13H18N4O. The van der Waals surface area contributed by atoms with Gasteiger partial charge in [0.1, 0.15) is 0 Å². The van der Waals surface area contributed by atoms with E-state index in [0.29, 0.717) is 6.54 Å². The maximum Gasteiger partial charge on any atom is 0.314 e. The van der Waals surface area contributed by atoms with Crippen LogP contribution in [0.4, 0.5) is 4.79 Å². The van der Waals surface area contributed by atoms with Gasteiger partial charge in [0.25, 0.3) is 0 Å². The third kappa shape index (κ3) is 2.45. The Morgan fingerprint density at radius 1 is 1.44 bits per heavy atom. The lowest BCUT2D eigenvalue weighted by Gasteiger charge is -2.25. The van der Waals surface area contributed by atoms with Gasteiger partial charge in [0.05, 0.1) is 17.4 Å². The van der Waals surface area contributed by atoms with Crippen LogP contribution in [0.5, 0.6) is 0 Å². The number of H-pyrrole nitrogens is 1. The maximum absolute atomic E-state index is 11.2. The van der Waals surface area contributed by atoms with Crippen LogP contribution in [0.25, 0.3) is 11.0 Å². The fourth-order valence-electron chi connectivity index (χ4n) is 1.85. The van der Waals surface area contributed by atoms with Crippen molar-refractivity contribution in [1.82, 2.24) is 20.6 Å². The van der Waals surface area contributed by atoms with E-state index in [4.69, 9.17) is 0 Å². The molecule has 0 saturated heterocycles. The van der Waals surface area contributed by atoms with Gasteiger partial charge in [-0.05, 0) is 17.7 Å². The predicted octanol–water partition coefficient (Wildman–Crippen LogP) is 1.77. The highest BCUT2D eigenvalue weighted by Crippen LogP contribution is 2.24. The summed E-state index contributed by atoms with van der Waals surface area (Å²) in [5.41, 5.74) is 3.00. The highest BCUT2D eigenvalue weighted by Gasteiger charge is 2.21. The molecule has 0 aliphatic carbocycles. The second kappa shape index (κ2) is 4.68. The summed E-state index contributed by atoms with van der Waals surface area (Å²) in [5, 5.41) is 5.39. The molecule has 0 aliphatic rings. The summed E-state index contributed by atoms with van der Waals surface area (Å²) in [4.78, 5) is 18.5. The van der Waals surface area contributed by atoms with Crippen LogP contribution in [-0.4, -0.2) is 29.6 Å². The van der Waals surface area contributed by atoms with E-state index >= 15 is 0 Å². The molecule has 2 rings (SSSR count). The molecule has 0 unspecified atom stereocenters. The quantitative estimate of drug-likeness (QED) is 0.772. The number of benzene rings is 1. The number of urea groups is 1. The van der Waals surface area contributed by atoms with Gasteiger partial charge < -0.3 is 15.6 Å². The monoisotopic (exact) mass is 246 g/mol. The zero-order chi connectivity index (χ0) is 13.2. The Labute approximate surface area is 106 Å². The van der Waals surface area contributed by atoms with E-state index < -0.39 is 0 Å². The molecule has 0 fully saturated rings. The number of nitrogens with zero attached hydrogens (tertiary/aromatic N) is 1. The summed E-state index contributed by atoms with van der Waals surface area (Å²) in [6, 6.07) is 5.96. The number of hydrogen-bond acceptors (Lipinski definition) is 2. The topological polar surface area (TPSA) is 69.8 Å². The summed E-state index contributed by atoms with van der Waals surface area (Å²) in [7, 11) is 1.61. The van der Waals surface area contributed by atoms with Gasteiger partial charge in [-0.1, -0.05) is 19.9 Å². The first kappa shape index (κ1) is 12.4. The Hall–Kier alpha value is -2.04. The number of fused-ring (bicyclic) bond motifs is 1. The Bertz CT molecular complexity index is 559. The summed E-state index contributed by atoms with van der Waals surface area (Å²) < 4.78 is 0. The number of amides is 2. The van der Waals surface area contributed by atoms with E-state index in [-0.39, 0.29) is 11.4 Å². The number of carbonyl (C=O) groups is 1. The molecule has 2 amide bonds. The summed E-state index contributed by atoms with van der Waals surface area (Å²) in [6.45, 7) is 4.77. The summed E-state index contributed by atoms with van der Waals surface area (Å²) in [5.74, 6) is 0. The minimum Gasteiger partial charge on any atom is -0.345 e. The van der Waals surface area contributed by atoms with Crippen molar-refractivity contribution < 1.29 is 4.79 Å². The Morgan fingerprint density at radius 3 is 2.94 bits per heavy atom. The maximum atomic E-state index is 11.2. The first-order chi connectivity index (χ1) is 8.53. The van der Waals surface area contributed by atoms with Crippen molar-refractivity contribution in [3.8, 4) is 0 Å². The lowest BCUT2D eigenvalue weighted by molar-refractivity contribution is 0.240. The fraction of sp³-hybridized carbons (Fsp3) is 0.385. The van der Waals surface area contributed by atoms with Gasteiger partial charge in [-0.3, -0.25) is 0 Å². The normalized spacial score (nSPS) is 11.5. The molecule has 96 valence electrons. The van der Waals surface area contributed by atoms with Gasteiger partial charge in [-0.25, -0.2) is 9.78 Å². The number of carbonyl (C=O) groups excluding carboxylic acids is 1. The molecule has 1 aromatic carbocycles. The standard InChI is InChI=1S/C13H18N4O/c1-13(2,7-15-12(18)14-3)9-4-5-10-11(6-9)17-8-16-10/h4-6,8H,7H2,1-3H3,(H,16,17)(H2,14,15,18). The molecule has 18 heavy (non-hydrogen) atoms. The number of nitrogens with one attached hydrogen (secondary N) is 3. The van der Waals surface area contributed by atoms with Crippen molar-refractivity contribution in [2.75, 3.05) is 13.6 Å². The smallest absolute Gasteiger partial charge is 0.314 e. The van der Waals surface area contributed by atoms with Gasteiger partial charge in [0, 0.05) is 19.0 Å². The number of hydrogen-bond donors (Lipinski definition) is 3. The first-order valence-electron chi connectivity index (χ1n) is 5.92. The van der Waals surface area contributed by atoms with Gasteiger partial charge in [-0.2, -0.15) is 0 Å². The molecule has 0 bridgehead atoms. The van der Waals surface area contributed by atoms with E-state index in [1.54, 1.807) is 13.4 Å². The molecule has 5 nitrogen and oxygen atoms in total. The molecule has 0 saturated carbocycles. The molecular weight excluding hydrogens is 228 g/mol. The van der Waals surface area contributed by atoms with Crippen LogP contribution in [0.15, 0.2) is 24.5 Å². The number of imidazole rings is 1. The molecule has 0 radical (unpaired) electrons. The highest BCUT2D eigenvalue weighted by molar-refractivity contribution is 5.76. The lowest BCUT2D eigenvalue weighted by Crippen LogP contribution is -2.40. The van der Waals surface area contributed by atoms with Crippen molar-refractivity contribution in [3.05, 3.63) is 30.1 Å². The summed E-state index contributed by atoms with van der Waals surface area (Å²) in [6.07, 6.45) is 1.68. The van der Waals surface area contributed by atoms with Gasteiger partial charge >= 0.3 is 6.03 Å². The molecule has 5 heteroatoms. The van der Waals surface area contributed by atoms with Crippen LogP contribution in [0.2, 0.25) is 0 Å². The van der Waals surface area contributed by atoms with Crippen LogP contribution < -0.4 is 10.6 Å². The van der Waals surface area contributed by atoms with Crippen LogP contribution in [-0.2, 0) is 5.41 Å². The molecule has 0 spiro atoms. The number of rotatable bonds is 3. The molecule has 0 atom stereocenters. The van der Waals surface area contributed by atoms with Crippen LogP contribution >= 0.6 is 0 Å². The Kier molecular flexibility index (Phi) is 3.23. The van der Waals surface area contributed by atoms with Crippen LogP contribution in [0.1, 0.15) is 19.4 Å². The average molecular weight is 246 g/mol. The Morgan fingerprint density at radius 2 is 2.22 bits per heavy atom. The molecule has 1 heterocycles. The third-order valence-corrected chi connectivity index (χ3v) is 3.12. The fourth-order valence-corrected chi connectivity index (χ4v) is 1.85. The molecule has 3 N–H and O–H groups in total. The first-order valence-corrected chi connectivity index (χ1v) is 5.92. The second-order valence-corrected chi connectivity index (χ2v) is 4.95. The van der Waals surface area contributed by atoms with E-state index in [0.717, 1.165) is 16.6 Å². The van der Waals surface area contributed by atoms with E-state index in [9.17, 15) is 4.79 Å². The SMILES string of the molecule is CNC(=O)NCC(C)(C)c1ccc2nc[nH]c2c1. The Balaban J connectivity index is 2.19. The minimum absolute atomic E-state index is 0.133. The second-order valence-electron chi connectivity index (χ2n) is 4.95. The summed E-state index contributed by atoms with van der Waals surface area (Å²) >= 11 is 0. The largest absolute Gasteiger partial charge is 0.345 e. The van der Waals surface area contributed by atoms with Crippen LogP contribution in [0.3, 0.4) is 0 Å². The number of aromatic nitrogens is 2. The van der Waals surface area contributed by atoms with Crippen molar-refractivity contribution in [1.29, 1.82) is 0 Å².